The first-order valence-electron chi connectivity index (χ1n) is 9.32. The molecule has 2 aromatic rings. The van der Waals surface area contributed by atoms with Gasteiger partial charge >= 0.3 is 0 Å². The maximum Gasteiger partial charge on any atom is 0.241 e. The Balaban J connectivity index is 1.36. The van der Waals surface area contributed by atoms with Crippen molar-refractivity contribution in [2.75, 3.05) is 49.1 Å². The van der Waals surface area contributed by atoms with Gasteiger partial charge in [-0.3, -0.25) is 9.69 Å². The monoisotopic (exact) mass is 353 g/mol. The van der Waals surface area contributed by atoms with Crippen LogP contribution in [-0.2, 0) is 11.2 Å². The van der Waals surface area contributed by atoms with E-state index in [0.29, 0.717) is 12.2 Å². The molecule has 2 aromatic carbocycles. The third-order valence-electron chi connectivity index (χ3n) is 5.34. The second kappa shape index (κ2) is 7.46. The molecule has 136 valence electrons. The zero-order valence-corrected chi connectivity index (χ0v) is 14.9. The van der Waals surface area contributed by atoms with Crippen molar-refractivity contribution in [3.05, 3.63) is 59.9 Å². The molecule has 5 heteroatoms. The molecule has 1 amide bonds. The number of hydrogen-bond donors (Lipinski definition) is 0. The number of fused-ring (bicyclic) bond motifs is 1. The molecule has 4 nitrogen and oxygen atoms in total. The van der Waals surface area contributed by atoms with Crippen LogP contribution in [0.1, 0.15) is 12.0 Å². The van der Waals surface area contributed by atoms with Crippen molar-refractivity contribution in [1.82, 2.24) is 4.90 Å². The van der Waals surface area contributed by atoms with Gasteiger partial charge in [0.1, 0.15) is 5.82 Å². The Hall–Kier alpha value is -2.40. The van der Waals surface area contributed by atoms with Crippen molar-refractivity contribution in [1.29, 1.82) is 0 Å². The molecular formula is C21H24FN3O. The highest BCUT2D eigenvalue weighted by Gasteiger charge is 2.26. The Morgan fingerprint density at radius 1 is 0.885 bits per heavy atom. The lowest BCUT2D eigenvalue weighted by Crippen LogP contribution is -2.51. The average Bonchev–Trinajstić information content (AvgIpc) is 2.68. The molecule has 1 fully saturated rings. The molecule has 0 bridgehead atoms. The highest BCUT2D eigenvalue weighted by atomic mass is 19.1. The minimum atomic E-state index is -0.179. The van der Waals surface area contributed by atoms with Crippen molar-refractivity contribution in [3.8, 4) is 0 Å². The van der Waals surface area contributed by atoms with Gasteiger partial charge in [0.05, 0.1) is 12.2 Å². The van der Waals surface area contributed by atoms with Crippen LogP contribution in [0.15, 0.2) is 48.5 Å². The van der Waals surface area contributed by atoms with Crippen molar-refractivity contribution in [3.63, 3.8) is 0 Å². The van der Waals surface area contributed by atoms with E-state index in [9.17, 15) is 9.18 Å². The van der Waals surface area contributed by atoms with Crippen LogP contribution in [0.3, 0.4) is 0 Å². The number of piperazine rings is 1. The summed E-state index contributed by atoms with van der Waals surface area (Å²) in [4.78, 5) is 19.0. The first kappa shape index (κ1) is 17.0. The van der Waals surface area contributed by atoms with Gasteiger partial charge in [0, 0.05) is 38.4 Å². The number of aryl methyl sites for hydroxylation is 1. The summed E-state index contributed by atoms with van der Waals surface area (Å²) < 4.78 is 13.9. The summed E-state index contributed by atoms with van der Waals surface area (Å²) in [5, 5.41) is 0. The summed E-state index contributed by atoms with van der Waals surface area (Å²) in [6.45, 7) is 4.26. The van der Waals surface area contributed by atoms with E-state index in [1.54, 1.807) is 6.07 Å². The normalized spacial score (nSPS) is 17.9. The Bertz CT molecular complexity index is 786. The maximum atomic E-state index is 13.9. The first-order valence-corrected chi connectivity index (χ1v) is 9.32. The number of benzene rings is 2. The summed E-state index contributed by atoms with van der Waals surface area (Å²) in [6.07, 6.45) is 2.06. The van der Waals surface area contributed by atoms with Crippen molar-refractivity contribution >= 4 is 17.3 Å². The van der Waals surface area contributed by atoms with Crippen molar-refractivity contribution < 1.29 is 9.18 Å². The van der Waals surface area contributed by atoms with Gasteiger partial charge in [-0.2, -0.15) is 0 Å². The lowest BCUT2D eigenvalue weighted by atomic mass is 10.0. The Morgan fingerprint density at radius 2 is 1.58 bits per heavy atom. The van der Waals surface area contributed by atoms with Crippen LogP contribution < -0.4 is 9.80 Å². The number of rotatable bonds is 3. The number of anilines is 2. The Kier molecular flexibility index (Phi) is 4.89. The Labute approximate surface area is 153 Å². The molecule has 2 aliphatic heterocycles. The van der Waals surface area contributed by atoms with Gasteiger partial charge in [-0.1, -0.05) is 30.3 Å². The summed E-state index contributed by atoms with van der Waals surface area (Å²) in [5.74, 6) is -0.0153. The number of carbonyl (C=O) groups is 1. The van der Waals surface area contributed by atoms with E-state index in [4.69, 9.17) is 0 Å². The van der Waals surface area contributed by atoms with E-state index in [1.807, 2.05) is 35.2 Å². The summed E-state index contributed by atoms with van der Waals surface area (Å²) in [6, 6.07) is 15.1. The average molecular weight is 353 g/mol. The third kappa shape index (κ3) is 3.44. The van der Waals surface area contributed by atoms with Gasteiger partial charge in [0.2, 0.25) is 5.91 Å². The molecule has 0 saturated carbocycles. The van der Waals surface area contributed by atoms with E-state index in [2.05, 4.69) is 15.9 Å². The molecule has 0 aliphatic carbocycles. The van der Waals surface area contributed by atoms with E-state index in [-0.39, 0.29) is 11.7 Å². The molecule has 0 N–H and O–H groups in total. The minimum absolute atomic E-state index is 0.163. The molecule has 1 saturated heterocycles. The molecule has 0 unspecified atom stereocenters. The number of hydrogen-bond acceptors (Lipinski definition) is 3. The van der Waals surface area contributed by atoms with E-state index in [1.165, 1.54) is 11.6 Å². The predicted octanol–water partition coefficient (Wildman–Crippen LogP) is 2.93. The van der Waals surface area contributed by atoms with Gasteiger partial charge in [-0.25, -0.2) is 4.39 Å². The first-order chi connectivity index (χ1) is 12.7. The molecular weight excluding hydrogens is 329 g/mol. The smallest absolute Gasteiger partial charge is 0.241 e. The molecule has 2 heterocycles. The highest BCUT2D eigenvalue weighted by Crippen LogP contribution is 2.27. The highest BCUT2D eigenvalue weighted by molar-refractivity contribution is 5.96. The van der Waals surface area contributed by atoms with Crippen LogP contribution in [-0.4, -0.2) is 50.1 Å². The summed E-state index contributed by atoms with van der Waals surface area (Å²) in [5.41, 5.74) is 2.98. The molecule has 0 spiro atoms. The fourth-order valence-electron chi connectivity index (χ4n) is 3.92. The quantitative estimate of drug-likeness (QED) is 0.849. The van der Waals surface area contributed by atoms with Crippen LogP contribution in [0.4, 0.5) is 15.8 Å². The molecule has 0 atom stereocenters. The standard InChI is InChI=1S/C21H24FN3O/c22-18-8-2-4-10-20(18)24-14-12-23(13-15-24)16-21(26)25-11-5-7-17-6-1-3-9-19(17)25/h1-4,6,8-10H,5,7,11-16H2. The SMILES string of the molecule is O=C(CN1CCN(c2ccccc2F)CC1)N1CCCc2ccccc21. The van der Waals surface area contributed by atoms with Crippen LogP contribution in [0.5, 0.6) is 0 Å². The minimum Gasteiger partial charge on any atom is -0.367 e. The number of para-hydroxylation sites is 2. The third-order valence-corrected chi connectivity index (χ3v) is 5.34. The molecule has 0 aromatic heterocycles. The number of carbonyl (C=O) groups excluding carboxylic acids is 1. The fraction of sp³-hybridized carbons (Fsp3) is 0.381. The summed E-state index contributed by atoms with van der Waals surface area (Å²) in [7, 11) is 0. The molecule has 26 heavy (non-hydrogen) atoms. The molecule has 4 rings (SSSR count). The van der Waals surface area contributed by atoms with Gasteiger partial charge in [0.25, 0.3) is 0 Å². The second-order valence-corrected chi connectivity index (χ2v) is 6.99. The molecule has 2 aliphatic rings. The van der Waals surface area contributed by atoms with Gasteiger partial charge in [-0.15, -0.1) is 0 Å². The Morgan fingerprint density at radius 3 is 2.35 bits per heavy atom. The number of halogens is 1. The largest absolute Gasteiger partial charge is 0.367 e. The number of nitrogens with zero attached hydrogens (tertiary/aromatic N) is 3. The van der Waals surface area contributed by atoms with Crippen molar-refractivity contribution in [2.24, 2.45) is 0 Å². The summed E-state index contributed by atoms with van der Waals surface area (Å²) >= 11 is 0. The van der Waals surface area contributed by atoms with E-state index in [0.717, 1.165) is 51.3 Å². The fourth-order valence-corrected chi connectivity index (χ4v) is 3.92. The second-order valence-electron chi connectivity index (χ2n) is 6.99. The van der Waals surface area contributed by atoms with Crippen LogP contribution in [0.2, 0.25) is 0 Å². The van der Waals surface area contributed by atoms with Gasteiger partial charge < -0.3 is 9.80 Å². The predicted molar refractivity (Wildman–Crippen MR) is 102 cm³/mol. The van der Waals surface area contributed by atoms with Gasteiger partial charge in [-0.05, 0) is 36.6 Å². The zero-order chi connectivity index (χ0) is 17.9. The topological polar surface area (TPSA) is 26.8 Å². The maximum absolute atomic E-state index is 13.9. The van der Waals surface area contributed by atoms with E-state index >= 15 is 0 Å². The van der Waals surface area contributed by atoms with Crippen LogP contribution in [0, 0.1) is 5.82 Å². The molecule has 0 radical (unpaired) electrons. The lowest BCUT2D eigenvalue weighted by Gasteiger charge is -2.37. The van der Waals surface area contributed by atoms with Crippen LogP contribution in [0.25, 0.3) is 0 Å². The van der Waals surface area contributed by atoms with Crippen molar-refractivity contribution in [2.45, 2.75) is 12.8 Å². The van der Waals surface area contributed by atoms with Gasteiger partial charge in [0.15, 0.2) is 0 Å². The van der Waals surface area contributed by atoms with Crippen LogP contribution >= 0.6 is 0 Å². The lowest BCUT2D eigenvalue weighted by molar-refractivity contribution is -0.119. The van der Waals surface area contributed by atoms with E-state index < -0.39 is 0 Å². The zero-order valence-electron chi connectivity index (χ0n) is 14.9. The number of amides is 1.